The molecule has 1 unspecified atom stereocenters. The van der Waals surface area contributed by atoms with Crippen LogP contribution in [-0.2, 0) is 0 Å². The van der Waals surface area contributed by atoms with Gasteiger partial charge in [-0.25, -0.2) is 9.98 Å². The van der Waals surface area contributed by atoms with Crippen molar-refractivity contribution in [1.29, 1.82) is 0 Å². The van der Waals surface area contributed by atoms with Gasteiger partial charge in [-0.15, -0.1) is 11.3 Å². The van der Waals surface area contributed by atoms with E-state index in [1.54, 1.807) is 0 Å². The van der Waals surface area contributed by atoms with Gasteiger partial charge in [0.2, 0.25) is 0 Å². The maximum Gasteiger partial charge on any atom is 0.170 e. The van der Waals surface area contributed by atoms with Crippen LogP contribution in [-0.4, -0.2) is 11.7 Å². The summed E-state index contributed by atoms with van der Waals surface area (Å²) in [7, 11) is 0. The van der Waals surface area contributed by atoms with Crippen LogP contribution in [0.1, 0.15) is 22.9 Å². The molecule has 0 radical (unpaired) electrons. The molecule has 0 saturated heterocycles. The zero-order valence-corrected chi connectivity index (χ0v) is 34.2. The number of amidine groups is 2. The van der Waals surface area contributed by atoms with Crippen molar-refractivity contribution in [2.75, 3.05) is 0 Å². The van der Waals surface area contributed by atoms with Gasteiger partial charge in [0.1, 0.15) is 22.8 Å². The Kier molecular flexibility index (Phi) is 7.81. The quantitative estimate of drug-likeness (QED) is 0.176. The molecule has 0 aliphatic carbocycles. The zero-order chi connectivity index (χ0) is 40.7. The summed E-state index contributed by atoms with van der Waals surface area (Å²) in [4.78, 5) is 11.0. The number of aliphatic imine (C=N–C) groups is 2. The second-order valence-corrected chi connectivity index (χ2v) is 17.2. The second-order valence-electron chi connectivity index (χ2n) is 16.1. The molecule has 4 nitrogen and oxygen atoms in total. The van der Waals surface area contributed by atoms with Crippen molar-refractivity contribution in [3.63, 3.8) is 0 Å². The van der Waals surface area contributed by atoms with E-state index in [2.05, 4.69) is 206 Å². The van der Waals surface area contributed by atoms with E-state index in [0.29, 0.717) is 0 Å². The Morgan fingerprint density at radius 3 is 1.98 bits per heavy atom. The van der Waals surface area contributed by atoms with E-state index in [1.807, 2.05) is 11.3 Å². The van der Waals surface area contributed by atoms with Crippen LogP contribution in [0.3, 0.4) is 0 Å². The minimum Gasteiger partial charge on any atom is -0.455 e. The second kappa shape index (κ2) is 13.8. The van der Waals surface area contributed by atoms with Crippen LogP contribution in [0.2, 0.25) is 0 Å². The Balaban J connectivity index is 1.00. The summed E-state index contributed by atoms with van der Waals surface area (Å²) >= 11 is 1.84. The highest BCUT2D eigenvalue weighted by Crippen LogP contribution is 2.44. The van der Waals surface area contributed by atoms with Crippen molar-refractivity contribution < 1.29 is 4.42 Å². The summed E-state index contributed by atoms with van der Waals surface area (Å²) < 4.78 is 9.45. The Morgan fingerprint density at radius 1 is 0.403 bits per heavy atom. The molecule has 1 aliphatic heterocycles. The number of hydrogen-bond donors (Lipinski definition) is 1. The first-order chi connectivity index (χ1) is 30.7. The van der Waals surface area contributed by atoms with Gasteiger partial charge in [0.25, 0.3) is 0 Å². The number of furan rings is 1. The molecule has 0 spiro atoms. The van der Waals surface area contributed by atoms with Gasteiger partial charge in [0.15, 0.2) is 6.17 Å². The minimum atomic E-state index is -0.537. The maximum absolute atomic E-state index is 6.86. The number of nitrogens with zero attached hydrogens (tertiary/aromatic N) is 2. The van der Waals surface area contributed by atoms with Gasteiger partial charge >= 0.3 is 0 Å². The van der Waals surface area contributed by atoms with Crippen molar-refractivity contribution >= 4 is 97.4 Å². The molecule has 12 aromatic rings. The highest BCUT2D eigenvalue weighted by atomic mass is 32.1. The first-order valence-electron chi connectivity index (χ1n) is 21.0. The normalized spacial score (nSPS) is 14.3. The molecule has 0 fully saturated rings. The summed E-state index contributed by atoms with van der Waals surface area (Å²) in [5.41, 5.74) is 9.16. The molecule has 0 saturated carbocycles. The molecule has 10 aromatic carbocycles. The van der Waals surface area contributed by atoms with E-state index in [0.717, 1.165) is 83.3 Å². The number of para-hydroxylation sites is 1. The molecule has 0 bridgehead atoms. The SMILES string of the molecule is c1ccc(C2N=C(c3ccc4ccccc4c3)NC(c3cc4ccccc4c4ccccc34)=N2)c(-c2cccc3oc4c(-c5ccc6sc7ccccc7c6c5)cccc4c23)c1. The van der Waals surface area contributed by atoms with Gasteiger partial charge < -0.3 is 9.73 Å². The predicted octanol–water partition coefficient (Wildman–Crippen LogP) is 15.2. The lowest BCUT2D eigenvalue weighted by Crippen LogP contribution is -2.36. The van der Waals surface area contributed by atoms with Gasteiger partial charge in [-0.05, 0) is 85.4 Å². The van der Waals surface area contributed by atoms with Crippen LogP contribution in [0.5, 0.6) is 0 Å². The van der Waals surface area contributed by atoms with Crippen molar-refractivity contribution in [3.05, 3.63) is 217 Å². The number of benzene rings is 10. The Morgan fingerprint density at radius 2 is 1.06 bits per heavy atom. The molecule has 5 heteroatoms. The van der Waals surface area contributed by atoms with Crippen LogP contribution in [0, 0.1) is 0 Å². The average molecular weight is 810 g/mol. The first-order valence-corrected chi connectivity index (χ1v) is 21.8. The van der Waals surface area contributed by atoms with Crippen LogP contribution in [0.4, 0.5) is 0 Å². The van der Waals surface area contributed by atoms with Crippen molar-refractivity contribution in [1.82, 2.24) is 5.32 Å². The fourth-order valence-electron chi connectivity index (χ4n) is 9.62. The van der Waals surface area contributed by atoms with Gasteiger partial charge in [-0.3, -0.25) is 0 Å². The van der Waals surface area contributed by atoms with Crippen LogP contribution >= 0.6 is 11.3 Å². The largest absolute Gasteiger partial charge is 0.455 e. The standard InChI is InChI=1S/C57H35N3OS/c1-2-14-35-31-38(28-27-34(35)13-1)55-58-56(60-57(59-55)49-33-36-15-3-4-16-39(36)41-17-5-6-18-42(41)49)46-21-8-7-19-43(46)45-23-12-25-50-53(45)47-24-11-22-40(54(47)61-50)37-29-30-52-48(32-37)44-20-9-10-26-51(44)62-52/h1-33,56H,(H,58,59,60). The van der Waals surface area contributed by atoms with Gasteiger partial charge in [0.05, 0.1) is 0 Å². The van der Waals surface area contributed by atoms with Crippen molar-refractivity contribution in [3.8, 4) is 22.3 Å². The Labute approximate surface area is 360 Å². The molecule has 290 valence electrons. The highest BCUT2D eigenvalue weighted by molar-refractivity contribution is 7.25. The Bertz CT molecular complexity index is 3870. The third kappa shape index (κ3) is 5.52. The van der Waals surface area contributed by atoms with E-state index in [9.17, 15) is 0 Å². The Hall–Kier alpha value is -7.86. The number of thiophene rings is 1. The van der Waals surface area contributed by atoms with E-state index in [1.165, 1.54) is 41.7 Å². The molecule has 62 heavy (non-hydrogen) atoms. The van der Waals surface area contributed by atoms with E-state index in [4.69, 9.17) is 14.4 Å². The minimum absolute atomic E-state index is 0.537. The lowest BCUT2D eigenvalue weighted by Gasteiger charge is -2.25. The van der Waals surface area contributed by atoms with E-state index >= 15 is 0 Å². The van der Waals surface area contributed by atoms with Gasteiger partial charge in [-0.1, -0.05) is 164 Å². The average Bonchev–Trinajstić information content (AvgIpc) is 3.92. The summed E-state index contributed by atoms with van der Waals surface area (Å²) in [6.07, 6.45) is -0.537. The third-order valence-electron chi connectivity index (χ3n) is 12.5. The highest BCUT2D eigenvalue weighted by Gasteiger charge is 2.26. The molecular formula is C57H35N3OS. The number of rotatable bonds is 5. The van der Waals surface area contributed by atoms with Gasteiger partial charge in [0, 0.05) is 53.2 Å². The smallest absolute Gasteiger partial charge is 0.170 e. The molecule has 3 heterocycles. The molecule has 2 aromatic heterocycles. The summed E-state index contributed by atoms with van der Waals surface area (Å²) in [6, 6.07) is 71.5. The molecule has 1 N–H and O–H groups in total. The first kappa shape index (κ1) is 34.9. The molecule has 1 atom stereocenters. The topological polar surface area (TPSA) is 49.9 Å². The van der Waals surface area contributed by atoms with Crippen LogP contribution in [0.25, 0.3) is 96.7 Å². The fourth-order valence-corrected chi connectivity index (χ4v) is 10.7. The van der Waals surface area contributed by atoms with E-state index < -0.39 is 6.17 Å². The maximum atomic E-state index is 6.86. The lowest BCUT2D eigenvalue weighted by atomic mass is 9.93. The predicted molar refractivity (Wildman–Crippen MR) is 262 cm³/mol. The molecule has 13 rings (SSSR count). The number of nitrogens with one attached hydrogen (secondary N) is 1. The van der Waals surface area contributed by atoms with Gasteiger partial charge in [-0.2, -0.15) is 0 Å². The van der Waals surface area contributed by atoms with Crippen LogP contribution in [0.15, 0.2) is 215 Å². The summed E-state index contributed by atoms with van der Waals surface area (Å²) in [5, 5.41) is 15.5. The molecule has 1 aliphatic rings. The van der Waals surface area contributed by atoms with E-state index in [-0.39, 0.29) is 0 Å². The zero-order valence-electron chi connectivity index (χ0n) is 33.3. The van der Waals surface area contributed by atoms with Crippen molar-refractivity contribution in [2.45, 2.75) is 6.17 Å². The number of fused-ring (bicyclic) bond motifs is 10. The fraction of sp³-hybridized carbons (Fsp3) is 0.0175. The lowest BCUT2D eigenvalue weighted by molar-refractivity contribution is 0.670. The molecular weight excluding hydrogens is 775 g/mol. The summed E-state index contributed by atoms with van der Waals surface area (Å²) in [5.74, 6) is 1.57. The number of hydrogen-bond acceptors (Lipinski definition) is 5. The third-order valence-corrected chi connectivity index (χ3v) is 13.7. The molecule has 0 amide bonds. The monoisotopic (exact) mass is 809 g/mol. The van der Waals surface area contributed by atoms with Crippen molar-refractivity contribution in [2.24, 2.45) is 9.98 Å². The summed E-state index contributed by atoms with van der Waals surface area (Å²) in [6.45, 7) is 0. The van der Waals surface area contributed by atoms with Crippen LogP contribution < -0.4 is 5.32 Å².